The van der Waals surface area contributed by atoms with Crippen LogP contribution in [0.3, 0.4) is 0 Å². The fourth-order valence-electron chi connectivity index (χ4n) is 5.50. The molecule has 1 saturated heterocycles. The molecule has 0 radical (unpaired) electrons. The van der Waals surface area contributed by atoms with Gasteiger partial charge in [0.1, 0.15) is 11.4 Å². The average molecular weight is 509 g/mol. The standard InChI is InChI=1S/C27H36N6O4/c1-17-16-33(20-6-4-5-7-20)24-22(32(2)26(17)35)15-28-27(31-24)30-21-14-18(8-9-23(21)36-3)25(34)29-19-10-12-37-13-11-19/h8-9,14-15,17,19-20H,4-7,10-13,16H2,1-3H3,(H,29,34)(H,28,30,31). The quantitative estimate of drug-likeness (QED) is 0.610. The van der Waals surface area contributed by atoms with Crippen molar-refractivity contribution in [1.82, 2.24) is 15.3 Å². The van der Waals surface area contributed by atoms with E-state index < -0.39 is 0 Å². The normalized spacial score (nSPS) is 20.9. The predicted octanol–water partition coefficient (Wildman–Crippen LogP) is 3.50. The maximum atomic E-state index is 12.9. The Labute approximate surface area is 217 Å². The van der Waals surface area contributed by atoms with E-state index in [9.17, 15) is 9.59 Å². The van der Waals surface area contributed by atoms with Crippen LogP contribution in [0.25, 0.3) is 0 Å². The highest BCUT2D eigenvalue weighted by atomic mass is 16.5. The second-order valence-electron chi connectivity index (χ2n) is 10.2. The third-order valence-corrected chi connectivity index (χ3v) is 7.64. The van der Waals surface area contributed by atoms with Crippen LogP contribution in [0.1, 0.15) is 55.8 Å². The number of benzene rings is 1. The molecular weight excluding hydrogens is 472 g/mol. The van der Waals surface area contributed by atoms with E-state index in [0.717, 1.165) is 31.5 Å². The van der Waals surface area contributed by atoms with Gasteiger partial charge in [-0.25, -0.2) is 4.98 Å². The molecule has 2 amide bonds. The lowest BCUT2D eigenvalue weighted by Crippen LogP contribution is -2.39. The van der Waals surface area contributed by atoms with Gasteiger partial charge in [0, 0.05) is 44.5 Å². The highest BCUT2D eigenvalue weighted by molar-refractivity contribution is 5.99. The summed E-state index contributed by atoms with van der Waals surface area (Å²) in [6.07, 6.45) is 7.88. The molecule has 2 aliphatic heterocycles. The van der Waals surface area contributed by atoms with Gasteiger partial charge in [-0.2, -0.15) is 4.98 Å². The molecule has 1 unspecified atom stereocenters. The number of methoxy groups -OCH3 is 1. The number of amides is 2. The lowest BCUT2D eigenvalue weighted by atomic mass is 10.1. The number of aromatic nitrogens is 2. The number of hydrogen-bond donors (Lipinski definition) is 2. The molecule has 1 aliphatic carbocycles. The van der Waals surface area contributed by atoms with Crippen molar-refractivity contribution < 1.29 is 19.1 Å². The zero-order chi connectivity index (χ0) is 25.9. The Morgan fingerprint density at radius 2 is 1.92 bits per heavy atom. The van der Waals surface area contributed by atoms with E-state index in [1.165, 1.54) is 12.8 Å². The number of rotatable bonds is 6. The van der Waals surface area contributed by atoms with Crippen LogP contribution in [-0.4, -0.2) is 67.8 Å². The Bertz CT molecular complexity index is 1150. The minimum atomic E-state index is -0.137. The van der Waals surface area contributed by atoms with Crippen molar-refractivity contribution in [3.63, 3.8) is 0 Å². The topological polar surface area (TPSA) is 109 Å². The van der Waals surface area contributed by atoms with Crippen LogP contribution in [0.4, 0.5) is 23.1 Å². The number of carbonyl (C=O) groups excluding carboxylic acids is 2. The van der Waals surface area contributed by atoms with Crippen LogP contribution < -0.4 is 25.2 Å². The largest absolute Gasteiger partial charge is 0.495 e. The number of fused-ring (bicyclic) bond motifs is 1. The summed E-state index contributed by atoms with van der Waals surface area (Å²) in [4.78, 5) is 39.3. The number of hydrogen-bond acceptors (Lipinski definition) is 8. The molecule has 2 fully saturated rings. The van der Waals surface area contributed by atoms with Crippen LogP contribution in [-0.2, 0) is 9.53 Å². The Kier molecular flexibility index (Phi) is 7.45. The summed E-state index contributed by atoms with van der Waals surface area (Å²) in [5.74, 6) is 1.52. The van der Waals surface area contributed by atoms with Crippen LogP contribution in [0.2, 0.25) is 0 Å². The van der Waals surface area contributed by atoms with Gasteiger partial charge in [-0.1, -0.05) is 19.8 Å². The SMILES string of the molecule is COc1ccc(C(=O)NC2CCOCC2)cc1Nc1ncc2c(n1)N(C1CCCC1)CC(C)C(=O)N2C. The van der Waals surface area contributed by atoms with Crippen LogP contribution >= 0.6 is 0 Å². The van der Waals surface area contributed by atoms with Crippen molar-refractivity contribution in [2.45, 2.75) is 57.5 Å². The summed E-state index contributed by atoms with van der Waals surface area (Å²) in [5.41, 5.74) is 1.83. The first-order valence-corrected chi connectivity index (χ1v) is 13.2. The van der Waals surface area contributed by atoms with Gasteiger partial charge in [-0.15, -0.1) is 0 Å². The predicted molar refractivity (Wildman–Crippen MR) is 142 cm³/mol. The molecule has 1 aromatic heterocycles. The zero-order valence-corrected chi connectivity index (χ0v) is 21.8. The minimum Gasteiger partial charge on any atom is -0.495 e. The lowest BCUT2D eigenvalue weighted by molar-refractivity contribution is -0.121. The lowest BCUT2D eigenvalue weighted by Gasteiger charge is -2.31. The van der Waals surface area contributed by atoms with Gasteiger partial charge in [-0.05, 0) is 43.9 Å². The Morgan fingerprint density at radius 1 is 1.16 bits per heavy atom. The average Bonchev–Trinajstić information content (AvgIpc) is 3.43. The fourth-order valence-corrected chi connectivity index (χ4v) is 5.50. The number of nitrogens with zero attached hydrogens (tertiary/aromatic N) is 4. The third kappa shape index (κ3) is 5.34. The number of anilines is 4. The molecular formula is C27H36N6O4. The summed E-state index contributed by atoms with van der Waals surface area (Å²) >= 11 is 0. The van der Waals surface area contributed by atoms with E-state index in [2.05, 4.69) is 20.5 Å². The zero-order valence-electron chi connectivity index (χ0n) is 21.8. The molecule has 3 aliphatic rings. The monoisotopic (exact) mass is 508 g/mol. The summed E-state index contributed by atoms with van der Waals surface area (Å²) < 4.78 is 10.9. The molecule has 1 saturated carbocycles. The number of nitrogens with one attached hydrogen (secondary N) is 2. The van der Waals surface area contributed by atoms with E-state index in [1.807, 2.05) is 6.92 Å². The van der Waals surface area contributed by atoms with Crippen LogP contribution in [0.5, 0.6) is 5.75 Å². The number of carbonyl (C=O) groups is 2. The molecule has 198 valence electrons. The number of ether oxygens (including phenoxy) is 2. The van der Waals surface area contributed by atoms with Crippen molar-refractivity contribution in [3.8, 4) is 5.75 Å². The van der Waals surface area contributed by atoms with E-state index in [1.54, 1.807) is 43.5 Å². The molecule has 1 atom stereocenters. The van der Waals surface area contributed by atoms with Gasteiger partial charge >= 0.3 is 0 Å². The Morgan fingerprint density at radius 3 is 2.65 bits per heavy atom. The summed E-state index contributed by atoms with van der Waals surface area (Å²) in [6, 6.07) is 5.74. The fraction of sp³-hybridized carbons (Fsp3) is 0.556. The summed E-state index contributed by atoms with van der Waals surface area (Å²) in [6.45, 7) is 3.92. The van der Waals surface area contributed by atoms with Crippen molar-refractivity contribution in [1.29, 1.82) is 0 Å². The van der Waals surface area contributed by atoms with Gasteiger partial charge in [0.15, 0.2) is 5.82 Å². The molecule has 5 rings (SSSR count). The first kappa shape index (κ1) is 25.3. The maximum Gasteiger partial charge on any atom is 0.251 e. The van der Waals surface area contributed by atoms with Gasteiger partial charge in [0.25, 0.3) is 5.91 Å². The van der Waals surface area contributed by atoms with E-state index >= 15 is 0 Å². The van der Waals surface area contributed by atoms with E-state index in [-0.39, 0.29) is 23.8 Å². The molecule has 3 heterocycles. The van der Waals surface area contributed by atoms with E-state index in [4.69, 9.17) is 14.5 Å². The smallest absolute Gasteiger partial charge is 0.251 e. The summed E-state index contributed by atoms with van der Waals surface area (Å²) in [7, 11) is 3.37. The second-order valence-corrected chi connectivity index (χ2v) is 10.2. The van der Waals surface area contributed by atoms with Gasteiger partial charge in [-0.3, -0.25) is 9.59 Å². The van der Waals surface area contributed by atoms with Crippen molar-refractivity contribution in [3.05, 3.63) is 30.0 Å². The molecule has 10 nitrogen and oxygen atoms in total. The minimum absolute atomic E-state index is 0.0657. The van der Waals surface area contributed by atoms with E-state index in [0.29, 0.717) is 54.4 Å². The highest BCUT2D eigenvalue weighted by Crippen LogP contribution is 2.38. The molecule has 2 aromatic rings. The van der Waals surface area contributed by atoms with Crippen LogP contribution in [0, 0.1) is 5.92 Å². The first-order valence-electron chi connectivity index (χ1n) is 13.2. The van der Waals surface area contributed by atoms with Crippen molar-refractivity contribution >= 4 is 35.0 Å². The molecule has 10 heteroatoms. The molecule has 0 spiro atoms. The molecule has 0 bridgehead atoms. The highest BCUT2D eigenvalue weighted by Gasteiger charge is 2.35. The first-order chi connectivity index (χ1) is 17.9. The molecule has 1 aromatic carbocycles. The molecule has 2 N–H and O–H groups in total. The Balaban J connectivity index is 1.43. The van der Waals surface area contributed by atoms with Gasteiger partial charge in [0.2, 0.25) is 11.9 Å². The van der Waals surface area contributed by atoms with Gasteiger partial charge in [0.05, 0.1) is 24.9 Å². The molecule has 37 heavy (non-hydrogen) atoms. The van der Waals surface area contributed by atoms with Crippen molar-refractivity contribution in [2.75, 3.05) is 49.0 Å². The van der Waals surface area contributed by atoms with Gasteiger partial charge < -0.3 is 29.9 Å². The van der Waals surface area contributed by atoms with Crippen LogP contribution in [0.15, 0.2) is 24.4 Å². The third-order valence-electron chi connectivity index (χ3n) is 7.64. The Hall–Kier alpha value is -3.40. The maximum absolute atomic E-state index is 12.9. The van der Waals surface area contributed by atoms with Crippen molar-refractivity contribution in [2.24, 2.45) is 5.92 Å². The summed E-state index contributed by atoms with van der Waals surface area (Å²) in [5, 5.41) is 6.36. The second kappa shape index (κ2) is 10.9.